The van der Waals surface area contributed by atoms with Crippen LogP contribution in [0.25, 0.3) is 0 Å². The van der Waals surface area contributed by atoms with E-state index >= 15 is 0 Å². The highest BCUT2D eigenvalue weighted by Crippen LogP contribution is 2.26. The maximum absolute atomic E-state index is 13.5. The van der Waals surface area contributed by atoms with E-state index < -0.39 is 17.7 Å². The molecule has 0 fully saturated rings. The van der Waals surface area contributed by atoms with E-state index in [1.54, 1.807) is 12.1 Å². The van der Waals surface area contributed by atoms with Crippen LogP contribution in [0, 0.1) is 11.6 Å². The molecule has 21 heavy (non-hydrogen) atoms. The summed E-state index contributed by atoms with van der Waals surface area (Å²) in [6.45, 7) is 0.282. The normalized spacial score (nSPS) is 12.4. The number of benzene rings is 1. The lowest BCUT2D eigenvalue weighted by molar-refractivity contribution is 0.0282. The lowest BCUT2D eigenvalue weighted by atomic mass is 10.2. The molecule has 4 nitrogen and oxygen atoms in total. The highest BCUT2D eigenvalue weighted by atomic mass is 35.5. The zero-order chi connectivity index (χ0) is 15.2. The van der Waals surface area contributed by atoms with Crippen LogP contribution in [0.3, 0.4) is 0 Å². The van der Waals surface area contributed by atoms with Crippen LogP contribution in [0.2, 0.25) is 5.02 Å². The van der Waals surface area contributed by atoms with Gasteiger partial charge in [-0.15, -0.1) is 0 Å². The first kappa shape index (κ1) is 15.8. The van der Waals surface area contributed by atoms with Crippen molar-refractivity contribution in [2.45, 2.75) is 12.7 Å². The number of halogens is 3. The van der Waals surface area contributed by atoms with Gasteiger partial charge in [0.1, 0.15) is 18.2 Å². The van der Waals surface area contributed by atoms with Crippen LogP contribution >= 0.6 is 11.6 Å². The summed E-state index contributed by atoms with van der Waals surface area (Å²) in [4.78, 5) is 0. The van der Waals surface area contributed by atoms with Gasteiger partial charge < -0.3 is 19.6 Å². The summed E-state index contributed by atoms with van der Waals surface area (Å²) in [5.74, 6) is -0.933. The van der Waals surface area contributed by atoms with Gasteiger partial charge in [0.15, 0.2) is 5.82 Å². The second kappa shape index (κ2) is 7.40. The third-order valence-electron chi connectivity index (χ3n) is 2.66. The zero-order valence-corrected chi connectivity index (χ0v) is 11.7. The zero-order valence-electron chi connectivity index (χ0n) is 11.0. The van der Waals surface area contributed by atoms with E-state index in [0.717, 1.165) is 6.07 Å². The van der Waals surface area contributed by atoms with E-state index in [4.69, 9.17) is 20.8 Å². The Labute approximate surface area is 125 Å². The number of furan rings is 1. The standard InChI is InChI=1S/C14H14ClF2NO3/c15-12-4-9(16)5-13(17)14(12)18-6-10(19)7-20-8-11-2-1-3-21-11/h1-5,10,18-19H,6-8H2. The lowest BCUT2D eigenvalue weighted by Gasteiger charge is -2.14. The van der Waals surface area contributed by atoms with E-state index in [0.29, 0.717) is 11.8 Å². The second-order valence-corrected chi connectivity index (χ2v) is 4.78. The van der Waals surface area contributed by atoms with Crippen molar-refractivity contribution >= 4 is 17.3 Å². The summed E-state index contributed by atoms with van der Waals surface area (Å²) in [7, 11) is 0. The maximum Gasteiger partial charge on any atom is 0.150 e. The second-order valence-electron chi connectivity index (χ2n) is 4.37. The largest absolute Gasteiger partial charge is 0.467 e. The van der Waals surface area contributed by atoms with Gasteiger partial charge in [-0.3, -0.25) is 0 Å². The van der Waals surface area contributed by atoms with Crippen LogP contribution in [0.15, 0.2) is 34.9 Å². The molecule has 0 radical (unpaired) electrons. The molecule has 0 spiro atoms. The maximum atomic E-state index is 13.5. The molecule has 7 heteroatoms. The number of ether oxygens (including phenoxy) is 1. The Morgan fingerprint density at radius 2 is 2.19 bits per heavy atom. The van der Waals surface area contributed by atoms with Crippen molar-refractivity contribution in [2.24, 2.45) is 0 Å². The summed E-state index contributed by atoms with van der Waals surface area (Å²) >= 11 is 5.72. The average molecular weight is 318 g/mol. The third kappa shape index (κ3) is 4.70. The molecule has 114 valence electrons. The summed E-state index contributed by atoms with van der Waals surface area (Å²) in [6.07, 6.45) is 0.649. The van der Waals surface area contributed by atoms with Crippen LogP contribution in [0.1, 0.15) is 5.76 Å². The minimum Gasteiger partial charge on any atom is -0.467 e. The topological polar surface area (TPSA) is 54.6 Å². The van der Waals surface area contributed by atoms with Crippen LogP contribution in [0.5, 0.6) is 0 Å². The monoisotopic (exact) mass is 317 g/mol. The molecule has 1 atom stereocenters. The molecule has 1 aromatic heterocycles. The van der Waals surface area contributed by atoms with E-state index in [-0.39, 0.29) is 30.5 Å². The van der Waals surface area contributed by atoms with Gasteiger partial charge >= 0.3 is 0 Å². The first-order valence-electron chi connectivity index (χ1n) is 6.23. The molecule has 0 saturated heterocycles. The van der Waals surface area contributed by atoms with Crippen LogP contribution in [0.4, 0.5) is 14.5 Å². The fourth-order valence-corrected chi connectivity index (χ4v) is 1.94. The Morgan fingerprint density at radius 1 is 1.38 bits per heavy atom. The third-order valence-corrected chi connectivity index (χ3v) is 2.95. The molecule has 2 aromatic rings. The predicted molar refractivity (Wildman–Crippen MR) is 74.2 cm³/mol. The fraction of sp³-hybridized carbons (Fsp3) is 0.286. The summed E-state index contributed by atoms with van der Waals surface area (Å²) in [5.41, 5.74) is -0.0526. The number of aliphatic hydroxyl groups is 1. The van der Waals surface area contributed by atoms with Crippen LogP contribution in [-0.4, -0.2) is 24.4 Å². The van der Waals surface area contributed by atoms with Crippen LogP contribution in [-0.2, 0) is 11.3 Å². The summed E-state index contributed by atoms with van der Waals surface area (Å²) < 4.78 is 36.7. The molecule has 2 rings (SSSR count). The quantitative estimate of drug-likeness (QED) is 0.823. The first-order chi connectivity index (χ1) is 10.1. The molecule has 0 aliphatic rings. The Balaban J connectivity index is 1.77. The van der Waals surface area contributed by atoms with E-state index in [2.05, 4.69) is 5.32 Å². The molecule has 1 heterocycles. The van der Waals surface area contributed by atoms with E-state index in [1.807, 2.05) is 0 Å². The molecule has 2 N–H and O–H groups in total. The van der Waals surface area contributed by atoms with E-state index in [9.17, 15) is 13.9 Å². The number of nitrogens with one attached hydrogen (secondary N) is 1. The van der Waals surface area contributed by atoms with Gasteiger partial charge in [-0.05, 0) is 18.2 Å². The average Bonchev–Trinajstić information content (AvgIpc) is 2.90. The summed E-state index contributed by atoms with van der Waals surface area (Å²) in [5, 5.41) is 12.3. The molecular weight excluding hydrogens is 304 g/mol. The SMILES string of the molecule is OC(CNc1c(F)cc(F)cc1Cl)COCc1ccco1. The van der Waals surface area contributed by atoms with Crippen LogP contribution < -0.4 is 5.32 Å². The minimum atomic E-state index is -0.875. The molecule has 0 amide bonds. The number of aliphatic hydroxyl groups excluding tert-OH is 1. The van der Waals surface area contributed by atoms with Crippen molar-refractivity contribution in [1.29, 1.82) is 0 Å². The van der Waals surface area contributed by atoms with Crippen molar-refractivity contribution in [3.8, 4) is 0 Å². The van der Waals surface area contributed by atoms with Gasteiger partial charge in [-0.1, -0.05) is 11.6 Å². The number of rotatable bonds is 7. The van der Waals surface area contributed by atoms with Gasteiger partial charge in [0.2, 0.25) is 0 Å². The number of hydrogen-bond donors (Lipinski definition) is 2. The lowest BCUT2D eigenvalue weighted by Crippen LogP contribution is -2.25. The minimum absolute atomic E-state index is 0.0143. The fourth-order valence-electron chi connectivity index (χ4n) is 1.68. The molecule has 0 bridgehead atoms. The Hall–Kier alpha value is -1.63. The number of hydrogen-bond acceptors (Lipinski definition) is 4. The van der Waals surface area contributed by atoms with E-state index in [1.165, 1.54) is 6.26 Å². The number of anilines is 1. The summed E-state index contributed by atoms with van der Waals surface area (Å²) in [6, 6.07) is 5.19. The smallest absolute Gasteiger partial charge is 0.150 e. The Morgan fingerprint density at radius 3 is 2.86 bits per heavy atom. The molecule has 0 aliphatic heterocycles. The van der Waals surface area contributed by atoms with Crippen molar-refractivity contribution in [3.05, 3.63) is 52.9 Å². The van der Waals surface area contributed by atoms with Crippen molar-refractivity contribution < 1.29 is 23.0 Å². The van der Waals surface area contributed by atoms with Gasteiger partial charge in [0.25, 0.3) is 0 Å². The van der Waals surface area contributed by atoms with Crippen molar-refractivity contribution in [3.63, 3.8) is 0 Å². The van der Waals surface area contributed by atoms with Gasteiger partial charge in [0.05, 0.1) is 29.7 Å². The Kier molecular flexibility index (Phi) is 5.55. The highest BCUT2D eigenvalue weighted by Gasteiger charge is 2.12. The molecular formula is C14H14ClF2NO3. The molecule has 0 saturated carbocycles. The highest BCUT2D eigenvalue weighted by molar-refractivity contribution is 6.33. The molecule has 1 aromatic carbocycles. The van der Waals surface area contributed by atoms with Gasteiger partial charge in [-0.25, -0.2) is 8.78 Å². The molecule has 0 aliphatic carbocycles. The van der Waals surface area contributed by atoms with Gasteiger partial charge in [0, 0.05) is 12.6 Å². The first-order valence-corrected chi connectivity index (χ1v) is 6.60. The van der Waals surface area contributed by atoms with Gasteiger partial charge in [-0.2, -0.15) is 0 Å². The predicted octanol–water partition coefficient (Wildman–Crippen LogP) is 3.20. The Bertz CT molecular complexity index is 555. The van der Waals surface area contributed by atoms with Crippen molar-refractivity contribution in [2.75, 3.05) is 18.5 Å². The molecule has 1 unspecified atom stereocenters. The van der Waals surface area contributed by atoms with Crippen molar-refractivity contribution in [1.82, 2.24) is 0 Å².